The zero-order valence-electron chi connectivity index (χ0n) is 13.1. The van der Waals surface area contributed by atoms with Gasteiger partial charge in [-0.15, -0.1) is 0 Å². The number of phenolic OH excluding ortho intramolecular Hbond substituents is 1. The Labute approximate surface area is 148 Å². The Morgan fingerprint density at radius 2 is 1.74 bits per heavy atom. The fraction of sp³-hybridized carbons (Fsp3) is 0.167. The van der Waals surface area contributed by atoms with E-state index in [4.69, 9.17) is 7.48 Å². The quantitative estimate of drug-likeness (QED) is 0.452. The third-order valence-electron chi connectivity index (χ3n) is 3.28. The van der Waals surface area contributed by atoms with Crippen molar-refractivity contribution in [2.45, 2.75) is 20.8 Å². The number of phenols is 1. The standard InChI is InChI=1S/C16H11IO4.C2H6/c1-9-2-4-10(5-3-9)12-8-11-6-7-13(18)15(21-17)14(11)20-16(12)19;1-2/h2-8,18H,1H3;1-2H3. The highest BCUT2D eigenvalue weighted by molar-refractivity contribution is 14.1. The molecule has 0 amide bonds. The van der Waals surface area contributed by atoms with Gasteiger partial charge in [0.05, 0.1) is 5.56 Å². The van der Waals surface area contributed by atoms with Gasteiger partial charge in [-0.05, 0) is 30.7 Å². The third kappa shape index (κ3) is 3.50. The molecule has 0 saturated carbocycles. The smallest absolute Gasteiger partial charge is 0.344 e. The number of fused-ring (bicyclic) bond motifs is 1. The summed E-state index contributed by atoms with van der Waals surface area (Å²) in [5.74, 6) is 0.0868. The Hall–Kier alpha value is -2.02. The van der Waals surface area contributed by atoms with Gasteiger partial charge in [0, 0.05) is 5.39 Å². The molecule has 5 heteroatoms. The summed E-state index contributed by atoms with van der Waals surface area (Å²) in [7, 11) is 0. The molecule has 0 aliphatic heterocycles. The Morgan fingerprint density at radius 1 is 1.09 bits per heavy atom. The molecule has 3 rings (SSSR count). The molecule has 0 aliphatic carbocycles. The maximum Gasteiger partial charge on any atom is 0.344 e. The van der Waals surface area contributed by atoms with Gasteiger partial charge in [0.25, 0.3) is 0 Å². The fourth-order valence-electron chi connectivity index (χ4n) is 2.16. The van der Waals surface area contributed by atoms with Crippen LogP contribution in [-0.2, 0) is 0 Å². The molecule has 120 valence electrons. The van der Waals surface area contributed by atoms with Crippen molar-refractivity contribution in [3.63, 3.8) is 0 Å². The van der Waals surface area contributed by atoms with Crippen molar-refractivity contribution in [1.29, 1.82) is 0 Å². The van der Waals surface area contributed by atoms with E-state index >= 15 is 0 Å². The van der Waals surface area contributed by atoms with Crippen LogP contribution in [0.15, 0.2) is 51.7 Å². The van der Waals surface area contributed by atoms with Crippen LogP contribution in [0.25, 0.3) is 22.1 Å². The molecule has 0 bridgehead atoms. The van der Waals surface area contributed by atoms with Crippen molar-refractivity contribution in [2.75, 3.05) is 0 Å². The Bertz CT molecular complexity index is 867. The van der Waals surface area contributed by atoms with Gasteiger partial charge in [0.1, 0.15) is 0 Å². The van der Waals surface area contributed by atoms with Crippen LogP contribution >= 0.6 is 23.0 Å². The van der Waals surface area contributed by atoms with Crippen LogP contribution in [0.3, 0.4) is 0 Å². The number of hydrogen-bond donors (Lipinski definition) is 1. The maximum atomic E-state index is 12.2. The summed E-state index contributed by atoms with van der Waals surface area (Å²) in [6.45, 7) is 5.99. The summed E-state index contributed by atoms with van der Waals surface area (Å²) in [5.41, 5.74) is 2.17. The zero-order valence-corrected chi connectivity index (χ0v) is 15.2. The van der Waals surface area contributed by atoms with Gasteiger partial charge in [0.2, 0.25) is 5.75 Å². The molecule has 0 aliphatic rings. The lowest BCUT2D eigenvalue weighted by atomic mass is 10.0. The molecule has 0 saturated heterocycles. The minimum atomic E-state index is -0.466. The van der Waals surface area contributed by atoms with Gasteiger partial charge in [0.15, 0.2) is 34.3 Å². The molecule has 0 fully saturated rings. The molecular formula is C18H17IO4. The molecule has 1 N–H and O–H groups in total. The van der Waals surface area contributed by atoms with E-state index in [1.807, 2.05) is 45.0 Å². The molecule has 23 heavy (non-hydrogen) atoms. The van der Waals surface area contributed by atoms with Gasteiger partial charge in [-0.25, -0.2) is 4.79 Å². The zero-order chi connectivity index (χ0) is 17.0. The first-order valence-corrected chi connectivity index (χ1v) is 8.13. The van der Waals surface area contributed by atoms with E-state index in [1.54, 1.807) is 35.1 Å². The van der Waals surface area contributed by atoms with E-state index in [9.17, 15) is 9.90 Å². The average Bonchev–Trinajstić information content (AvgIpc) is 2.57. The van der Waals surface area contributed by atoms with Gasteiger partial charge >= 0.3 is 5.63 Å². The first kappa shape index (κ1) is 17.3. The van der Waals surface area contributed by atoms with E-state index < -0.39 is 5.63 Å². The van der Waals surface area contributed by atoms with Gasteiger partial charge < -0.3 is 12.6 Å². The molecule has 0 radical (unpaired) electrons. The summed E-state index contributed by atoms with van der Waals surface area (Å²) < 4.78 is 10.4. The lowest BCUT2D eigenvalue weighted by Gasteiger charge is -2.07. The Balaban J connectivity index is 0.000000924. The first-order valence-electron chi connectivity index (χ1n) is 7.25. The van der Waals surface area contributed by atoms with E-state index in [0.29, 0.717) is 10.9 Å². The second-order valence-corrected chi connectivity index (χ2v) is 5.16. The molecule has 1 aromatic heterocycles. The lowest BCUT2D eigenvalue weighted by molar-refractivity contribution is 0.452. The van der Waals surface area contributed by atoms with Crippen molar-refractivity contribution in [2.24, 2.45) is 0 Å². The van der Waals surface area contributed by atoms with Crippen LogP contribution in [0.1, 0.15) is 19.4 Å². The first-order chi connectivity index (χ1) is 11.1. The number of halogens is 1. The minimum Gasteiger partial charge on any atom is -0.504 e. The van der Waals surface area contributed by atoms with Crippen molar-refractivity contribution in [3.8, 4) is 22.6 Å². The lowest BCUT2D eigenvalue weighted by Crippen LogP contribution is -2.03. The van der Waals surface area contributed by atoms with Crippen molar-refractivity contribution in [3.05, 3.63) is 58.4 Å². The molecule has 0 spiro atoms. The highest BCUT2D eigenvalue weighted by atomic mass is 127. The minimum absolute atomic E-state index is 0.0665. The highest BCUT2D eigenvalue weighted by Crippen LogP contribution is 2.36. The van der Waals surface area contributed by atoms with Crippen LogP contribution in [0.2, 0.25) is 0 Å². The second kappa shape index (κ2) is 7.50. The molecule has 0 atom stereocenters. The van der Waals surface area contributed by atoms with Crippen molar-refractivity contribution >= 4 is 34.0 Å². The molecule has 2 aromatic carbocycles. The molecular weight excluding hydrogens is 407 g/mol. The summed E-state index contributed by atoms with van der Waals surface area (Å²) >= 11 is 1.64. The second-order valence-electron chi connectivity index (χ2n) is 4.72. The summed E-state index contributed by atoms with van der Waals surface area (Å²) in [4.78, 5) is 12.2. The maximum absolute atomic E-state index is 12.2. The third-order valence-corrected chi connectivity index (χ3v) is 3.72. The molecule has 4 nitrogen and oxygen atoms in total. The van der Waals surface area contributed by atoms with Crippen molar-refractivity contribution in [1.82, 2.24) is 0 Å². The fourth-order valence-corrected chi connectivity index (χ4v) is 2.58. The highest BCUT2D eigenvalue weighted by Gasteiger charge is 2.14. The van der Waals surface area contributed by atoms with Crippen molar-refractivity contribution < 1.29 is 12.6 Å². The van der Waals surface area contributed by atoms with Crippen LogP contribution < -0.4 is 8.69 Å². The summed E-state index contributed by atoms with van der Waals surface area (Å²) in [5, 5.41) is 10.4. The summed E-state index contributed by atoms with van der Waals surface area (Å²) in [6.07, 6.45) is 0. The van der Waals surface area contributed by atoms with E-state index in [2.05, 4.69) is 0 Å². The monoisotopic (exact) mass is 424 g/mol. The van der Waals surface area contributed by atoms with Gasteiger partial charge in [-0.1, -0.05) is 43.7 Å². The number of benzene rings is 2. The van der Waals surface area contributed by atoms with Gasteiger partial charge in [-0.2, -0.15) is 0 Å². The average molecular weight is 424 g/mol. The van der Waals surface area contributed by atoms with Crippen LogP contribution in [-0.4, -0.2) is 5.11 Å². The number of aromatic hydroxyl groups is 1. The van der Waals surface area contributed by atoms with E-state index in [0.717, 1.165) is 11.1 Å². The Morgan fingerprint density at radius 3 is 2.35 bits per heavy atom. The van der Waals surface area contributed by atoms with Crippen LogP contribution in [0.5, 0.6) is 11.5 Å². The van der Waals surface area contributed by atoms with Crippen LogP contribution in [0, 0.1) is 6.92 Å². The number of aryl methyl sites for hydroxylation is 1. The van der Waals surface area contributed by atoms with Gasteiger partial charge in [-0.3, -0.25) is 0 Å². The van der Waals surface area contributed by atoms with E-state index in [-0.39, 0.29) is 17.1 Å². The SMILES string of the molecule is CC.Cc1ccc(-c2cc3ccc(O)c(OI)c3oc2=O)cc1. The molecule has 3 aromatic rings. The molecule has 1 heterocycles. The summed E-state index contributed by atoms with van der Waals surface area (Å²) in [6, 6.07) is 12.6. The predicted molar refractivity (Wildman–Crippen MR) is 100 cm³/mol. The normalized spacial score (nSPS) is 10.1. The van der Waals surface area contributed by atoms with E-state index in [1.165, 1.54) is 6.07 Å². The Kier molecular flexibility index (Phi) is 5.65. The topological polar surface area (TPSA) is 59.7 Å². The predicted octanol–water partition coefficient (Wildman–Crippen LogP) is 5.23. The molecule has 0 unspecified atom stereocenters. The number of rotatable bonds is 2. The largest absolute Gasteiger partial charge is 0.504 e. The number of hydrogen-bond acceptors (Lipinski definition) is 4. The van der Waals surface area contributed by atoms with Crippen LogP contribution in [0.4, 0.5) is 0 Å².